The highest BCUT2D eigenvalue weighted by molar-refractivity contribution is 5.29. The van der Waals surface area contributed by atoms with Gasteiger partial charge in [0.05, 0.1) is 0 Å². The molecule has 0 aliphatic heterocycles. The zero-order chi connectivity index (χ0) is 12.6. The molecule has 98 valence electrons. The summed E-state index contributed by atoms with van der Waals surface area (Å²) in [4.78, 5) is 0. The molecular weight excluding hydrogens is 222 g/mol. The lowest BCUT2D eigenvalue weighted by atomic mass is 9.61. The summed E-state index contributed by atoms with van der Waals surface area (Å²) in [7, 11) is 0. The lowest BCUT2D eigenvalue weighted by molar-refractivity contribution is -0.0620. The number of aryl methyl sites for hydroxylation is 1. The maximum Gasteiger partial charge on any atom is 0.120 e. The smallest absolute Gasteiger partial charge is 0.120 e. The molecule has 2 saturated carbocycles. The van der Waals surface area contributed by atoms with Crippen LogP contribution in [0.25, 0.3) is 0 Å². The number of hydrogen-bond acceptors (Lipinski definition) is 2. The van der Waals surface area contributed by atoms with Crippen molar-refractivity contribution >= 4 is 0 Å². The Kier molecular flexibility index (Phi) is 3.06. The summed E-state index contributed by atoms with van der Waals surface area (Å²) in [5.74, 6) is 1.03. The summed E-state index contributed by atoms with van der Waals surface area (Å²) >= 11 is 0. The topological polar surface area (TPSA) is 35.2 Å². The van der Waals surface area contributed by atoms with Crippen molar-refractivity contribution in [2.75, 3.05) is 0 Å². The molecule has 0 aromatic heterocycles. The van der Waals surface area contributed by atoms with E-state index in [4.69, 9.17) is 10.5 Å². The number of benzene rings is 1. The van der Waals surface area contributed by atoms with Crippen molar-refractivity contribution in [1.29, 1.82) is 0 Å². The average Bonchev–Trinajstić information content (AvgIpc) is 2.91. The van der Waals surface area contributed by atoms with E-state index in [0.717, 1.165) is 18.6 Å². The van der Waals surface area contributed by atoms with E-state index in [1.54, 1.807) is 0 Å². The molecule has 2 atom stereocenters. The molecule has 0 bridgehead atoms. The summed E-state index contributed by atoms with van der Waals surface area (Å²) < 4.78 is 6.22. The first-order chi connectivity index (χ1) is 8.74. The second-order valence-corrected chi connectivity index (χ2v) is 5.89. The van der Waals surface area contributed by atoms with Crippen LogP contribution in [0.4, 0.5) is 0 Å². The first-order valence-electron chi connectivity index (χ1n) is 7.26. The largest absolute Gasteiger partial charge is 0.490 e. The normalized spacial score (nSPS) is 29.2. The Hall–Kier alpha value is -1.02. The van der Waals surface area contributed by atoms with Crippen LogP contribution in [0.2, 0.25) is 0 Å². The Morgan fingerprint density at radius 2 is 2.11 bits per heavy atom. The Morgan fingerprint density at radius 1 is 1.33 bits per heavy atom. The van der Waals surface area contributed by atoms with E-state index >= 15 is 0 Å². The minimum atomic E-state index is 0.294. The molecule has 1 aromatic rings. The van der Waals surface area contributed by atoms with E-state index in [9.17, 15) is 0 Å². The third-order valence-electron chi connectivity index (χ3n) is 4.97. The van der Waals surface area contributed by atoms with Crippen LogP contribution in [-0.2, 0) is 6.42 Å². The van der Waals surface area contributed by atoms with E-state index < -0.39 is 0 Å². The van der Waals surface area contributed by atoms with Crippen LogP contribution in [0.15, 0.2) is 24.3 Å². The van der Waals surface area contributed by atoms with E-state index in [1.807, 2.05) is 0 Å². The molecule has 2 fully saturated rings. The highest BCUT2D eigenvalue weighted by Gasteiger charge is 2.55. The first-order valence-corrected chi connectivity index (χ1v) is 7.26. The van der Waals surface area contributed by atoms with Gasteiger partial charge in [-0.15, -0.1) is 0 Å². The zero-order valence-corrected chi connectivity index (χ0v) is 11.2. The number of nitrogens with two attached hydrogens (primary N) is 1. The van der Waals surface area contributed by atoms with Crippen LogP contribution in [0.5, 0.6) is 5.75 Å². The van der Waals surface area contributed by atoms with Crippen LogP contribution >= 0.6 is 0 Å². The quantitative estimate of drug-likeness (QED) is 0.887. The van der Waals surface area contributed by atoms with E-state index in [0.29, 0.717) is 17.6 Å². The Labute approximate surface area is 110 Å². The van der Waals surface area contributed by atoms with Gasteiger partial charge in [-0.25, -0.2) is 0 Å². The van der Waals surface area contributed by atoms with Gasteiger partial charge in [0.1, 0.15) is 11.9 Å². The molecule has 1 spiro atoms. The van der Waals surface area contributed by atoms with Crippen LogP contribution in [0.3, 0.4) is 0 Å². The third kappa shape index (κ3) is 1.83. The first kappa shape index (κ1) is 12.0. The van der Waals surface area contributed by atoms with Crippen LogP contribution < -0.4 is 10.5 Å². The van der Waals surface area contributed by atoms with E-state index in [1.165, 1.54) is 31.2 Å². The second kappa shape index (κ2) is 4.58. The van der Waals surface area contributed by atoms with Crippen LogP contribution in [0, 0.1) is 5.41 Å². The molecule has 2 aliphatic rings. The van der Waals surface area contributed by atoms with Gasteiger partial charge in [0, 0.05) is 17.9 Å². The van der Waals surface area contributed by atoms with Gasteiger partial charge in [-0.05, 0) is 37.0 Å². The van der Waals surface area contributed by atoms with Crippen molar-refractivity contribution in [3.05, 3.63) is 29.8 Å². The van der Waals surface area contributed by atoms with Gasteiger partial charge in [-0.3, -0.25) is 0 Å². The Morgan fingerprint density at radius 3 is 2.78 bits per heavy atom. The molecule has 2 aliphatic carbocycles. The highest BCUT2D eigenvalue weighted by atomic mass is 16.5. The van der Waals surface area contributed by atoms with Gasteiger partial charge in [-0.1, -0.05) is 31.9 Å². The van der Waals surface area contributed by atoms with Crippen molar-refractivity contribution in [3.8, 4) is 5.75 Å². The molecule has 2 N–H and O–H groups in total. The second-order valence-electron chi connectivity index (χ2n) is 5.89. The maximum atomic E-state index is 6.24. The lowest BCUT2D eigenvalue weighted by Gasteiger charge is -2.52. The molecule has 1 aromatic carbocycles. The molecule has 0 saturated heterocycles. The molecule has 0 heterocycles. The number of hydrogen-bond donors (Lipinski definition) is 1. The lowest BCUT2D eigenvalue weighted by Crippen LogP contribution is -2.62. The molecule has 3 rings (SSSR count). The SMILES string of the molecule is CCc1cccc(OC2CC(N)C23CCCC3)c1. The van der Waals surface area contributed by atoms with E-state index in [2.05, 4.69) is 31.2 Å². The molecular formula is C16H23NO. The van der Waals surface area contributed by atoms with Gasteiger partial charge in [0.25, 0.3) is 0 Å². The Bertz CT molecular complexity index is 423. The predicted octanol–water partition coefficient (Wildman–Crippen LogP) is 3.29. The predicted molar refractivity (Wildman–Crippen MR) is 73.7 cm³/mol. The van der Waals surface area contributed by atoms with Crippen molar-refractivity contribution in [2.45, 2.75) is 57.6 Å². The molecule has 18 heavy (non-hydrogen) atoms. The Balaban J connectivity index is 1.73. The van der Waals surface area contributed by atoms with Gasteiger partial charge in [-0.2, -0.15) is 0 Å². The van der Waals surface area contributed by atoms with E-state index in [-0.39, 0.29) is 0 Å². The van der Waals surface area contributed by atoms with Crippen molar-refractivity contribution in [1.82, 2.24) is 0 Å². The maximum absolute atomic E-state index is 6.24. The fourth-order valence-corrected chi connectivity index (χ4v) is 3.67. The fourth-order valence-electron chi connectivity index (χ4n) is 3.67. The summed E-state index contributed by atoms with van der Waals surface area (Å²) in [5.41, 5.74) is 7.88. The van der Waals surface area contributed by atoms with Gasteiger partial charge >= 0.3 is 0 Å². The molecule has 2 heteroatoms. The van der Waals surface area contributed by atoms with Crippen LogP contribution in [0.1, 0.15) is 44.6 Å². The molecule has 0 radical (unpaired) electrons. The number of ether oxygens (including phenoxy) is 1. The average molecular weight is 245 g/mol. The van der Waals surface area contributed by atoms with Gasteiger partial charge in [0.2, 0.25) is 0 Å². The standard InChI is InChI=1S/C16H23NO/c1-2-12-6-5-7-13(10-12)18-15-11-14(17)16(15)8-3-4-9-16/h5-7,10,14-15H,2-4,8-9,11,17H2,1H3. The number of rotatable bonds is 3. The molecule has 2 unspecified atom stereocenters. The summed E-state index contributed by atoms with van der Waals surface area (Å²) in [6.45, 7) is 2.18. The minimum absolute atomic E-state index is 0.294. The molecule has 2 nitrogen and oxygen atoms in total. The highest BCUT2D eigenvalue weighted by Crippen LogP contribution is 2.53. The third-order valence-corrected chi connectivity index (χ3v) is 4.97. The van der Waals surface area contributed by atoms with Gasteiger partial charge < -0.3 is 10.5 Å². The van der Waals surface area contributed by atoms with Crippen LogP contribution in [-0.4, -0.2) is 12.1 Å². The monoisotopic (exact) mass is 245 g/mol. The summed E-state index contributed by atoms with van der Waals surface area (Å²) in [6, 6.07) is 8.86. The van der Waals surface area contributed by atoms with Crippen molar-refractivity contribution in [2.24, 2.45) is 11.1 Å². The summed E-state index contributed by atoms with van der Waals surface area (Å²) in [5, 5.41) is 0. The minimum Gasteiger partial charge on any atom is -0.490 e. The van der Waals surface area contributed by atoms with Crippen molar-refractivity contribution < 1.29 is 4.74 Å². The molecule has 0 amide bonds. The van der Waals surface area contributed by atoms with Gasteiger partial charge in [0.15, 0.2) is 0 Å². The summed E-state index contributed by atoms with van der Waals surface area (Å²) in [6.07, 6.45) is 7.59. The zero-order valence-electron chi connectivity index (χ0n) is 11.2. The fraction of sp³-hybridized carbons (Fsp3) is 0.625. The van der Waals surface area contributed by atoms with Crippen molar-refractivity contribution in [3.63, 3.8) is 0 Å².